The number of hydrogen-bond acceptors (Lipinski definition) is 8. The van der Waals surface area contributed by atoms with Gasteiger partial charge < -0.3 is 19.5 Å². The van der Waals surface area contributed by atoms with Crippen LogP contribution in [0.15, 0.2) is 82.8 Å². The molecule has 2 N–H and O–H groups in total. The highest BCUT2D eigenvalue weighted by molar-refractivity contribution is 7.92. The van der Waals surface area contributed by atoms with Gasteiger partial charge in [0.1, 0.15) is 18.0 Å². The van der Waals surface area contributed by atoms with Crippen LogP contribution < -0.4 is 24.5 Å². The molecule has 2 amide bonds. The minimum atomic E-state index is -4.12. The average Bonchev–Trinajstić information content (AvgIpc) is 3.53. The van der Waals surface area contributed by atoms with Crippen molar-refractivity contribution in [3.63, 3.8) is 0 Å². The number of carbonyl (C=O) groups is 2. The number of sulfonamides is 1. The molecule has 0 bridgehead atoms. The lowest BCUT2D eigenvalue weighted by molar-refractivity contribution is -0.123. The van der Waals surface area contributed by atoms with Gasteiger partial charge in [-0.3, -0.25) is 13.9 Å². The first-order valence-corrected chi connectivity index (χ1v) is 15.4. The molecule has 12 heteroatoms. The molecule has 0 unspecified atom stereocenters. The monoisotopic (exact) mass is 608 g/mol. The van der Waals surface area contributed by atoms with Crippen molar-refractivity contribution in [2.24, 2.45) is 5.10 Å². The standard InChI is InChI=1S/C31H36N4O7S/c1-3-40-29-9-5-4-8-28(29)35(43(38,39)27-16-10-23(2)11-17-27)21-30(36)34-33-19-24-12-14-25(15-13-24)42-22-31(37)32-20-26-7-6-18-41-26/h4-5,8-17,19,26H,3,6-7,18,20-22H2,1-2H3,(H,32,37)(H,34,36)/b33-19-/t26-/m1/s1. The number of aryl methyl sites for hydroxylation is 1. The highest BCUT2D eigenvalue weighted by Crippen LogP contribution is 2.32. The summed E-state index contributed by atoms with van der Waals surface area (Å²) in [6.45, 7) is 4.52. The quantitative estimate of drug-likeness (QED) is 0.212. The summed E-state index contributed by atoms with van der Waals surface area (Å²) in [5.74, 6) is -0.0450. The van der Waals surface area contributed by atoms with Crippen LogP contribution in [0.25, 0.3) is 0 Å². The van der Waals surface area contributed by atoms with Crippen molar-refractivity contribution < 1.29 is 32.2 Å². The van der Waals surface area contributed by atoms with Gasteiger partial charge in [0.15, 0.2) is 6.61 Å². The number of nitrogens with zero attached hydrogens (tertiary/aromatic N) is 2. The topological polar surface area (TPSA) is 136 Å². The van der Waals surface area contributed by atoms with Gasteiger partial charge in [0.05, 0.1) is 29.5 Å². The Hall–Kier alpha value is -4.42. The van der Waals surface area contributed by atoms with Gasteiger partial charge in [-0.2, -0.15) is 5.10 Å². The Morgan fingerprint density at radius 1 is 1.02 bits per heavy atom. The van der Waals surface area contributed by atoms with Crippen molar-refractivity contribution in [1.29, 1.82) is 0 Å². The fourth-order valence-electron chi connectivity index (χ4n) is 4.31. The van der Waals surface area contributed by atoms with Crippen LogP contribution in [0.2, 0.25) is 0 Å². The Kier molecular flexibility index (Phi) is 11.1. The number of nitrogens with one attached hydrogen (secondary N) is 2. The molecular weight excluding hydrogens is 572 g/mol. The number of rotatable bonds is 14. The third-order valence-corrected chi connectivity index (χ3v) is 8.31. The zero-order valence-electron chi connectivity index (χ0n) is 24.2. The van der Waals surface area contributed by atoms with Crippen LogP contribution in [0.1, 0.15) is 30.9 Å². The smallest absolute Gasteiger partial charge is 0.264 e. The van der Waals surface area contributed by atoms with Crippen LogP contribution in [0.4, 0.5) is 5.69 Å². The number of benzene rings is 3. The first-order chi connectivity index (χ1) is 20.8. The van der Waals surface area contributed by atoms with Crippen molar-refractivity contribution >= 4 is 33.7 Å². The Labute approximate surface area is 251 Å². The number of carbonyl (C=O) groups excluding carboxylic acids is 2. The van der Waals surface area contributed by atoms with E-state index in [4.69, 9.17) is 14.2 Å². The van der Waals surface area contributed by atoms with Gasteiger partial charge in [0.25, 0.3) is 21.8 Å². The summed E-state index contributed by atoms with van der Waals surface area (Å²) >= 11 is 0. The van der Waals surface area contributed by atoms with Gasteiger partial charge in [0, 0.05) is 13.2 Å². The van der Waals surface area contributed by atoms with Crippen LogP contribution in [-0.4, -0.2) is 65.5 Å². The van der Waals surface area contributed by atoms with E-state index < -0.39 is 22.5 Å². The van der Waals surface area contributed by atoms with Crippen molar-refractivity contribution in [1.82, 2.24) is 10.7 Å². The number of para-hydroxylation sites is 2. The molecule has 1 saturated heterocycles. The minimum Gasteiger partial charge on any atom is -0.492 e. The van der Waals surface area contributed by atoms with Crippen molar-refractivity contribution in [2.75, 3.05) is 37.2 Å². The first kappa shape index (κ1) is 31.5. The van der Waals surface area contributed by atoms with E-state index in [1.54, 1.807) is 67.6 Å². The largest absolute Gasteiger partial charge is 0.492 e. The normalized spacial score (nSPS) is 14.8. The third-order valence-electron chi connectivity index (χ3n) is 6.53. The number of hydrogen-bond donors (Lipinski definition) is 2. The Morgan fingerprint density at radius 3 is 2.47 bits per heavy atom. The van der Waals surface area contributed by atoms with E-state index in [1.807, 2.05) is 6.92 Å². The summed E-state index contributed by atoms with van der Waals surface area (Å²) in [6.07, 6.45) is 3.43. The molecule has 1 fully saturated rings. The zero-order chi connectivity index (χ0) is 30.7. The molecule has 1 aliphatic rings. The molecule has 43 heavy (non-hydrogen) atoms. The predicted octanol–water partition coefficient (Wildman–Crippen LogP) is 3.41. The van der Waals surface area contributed by atoms with Gasteiger partial charge in [-0.1, -0.05) is 29.8 Å². The van der Waals surface area contributed by atoms with Gasteiger partial charge >= 0.3 is 0 Å². The molecule has 11 nitrogen and oxygen atoms in total. The lowest BCUT2D eigenvalue weighted by Crippen LogP contribution is -2.39. The molecule has 1 heterocycles. The SMILES string of the molecule is CCOc1ccccc1N(CC(=O)N/N=C\c1ccc(OCC(=O)NC[C@H]2CCCO2)cc1)S(=O)(=O)c1ccc(C)cc1. The molecule has 0 spiro atoms. The fourth-order valence-corrected chi connectivity index (χ4v) is 5.74. The summed E-state index contributed by atoms with van der Waals surface area (Å²) in [6, 6.07) is 19.8. The van der Waals surface area contributed by atoms with Crippen molar-refractivity contribution in [3.05, 3.63) is 83.9 Å². The van der Waals surface area contributed by atoms with Crippen LogP contribution in [-0.2, 0) is 24.3 Å². The van der Waals surface area contributed by atoms with E-state index in [2.05, 4.69) is 15.8 Å². The van der Waals surface area contributed by atoms with Crippen molar-refractivity contribution in [3.8, 4) is 11.5 Å². The molecule has 0 aromatic heterocycles. The molecule has 3 aromatic rings. The summed E-state index contributed by atoms with van der Waals surface area (Å²) in [5.41, 5.74) is 4.19. The summed E-state index contributed by atoms with van der Waals surface area (Å²) in [5, 5.41) is 6.79. The molecule has 228 valence electrons. The number of anilines is 1. The molecule has 4 rings (SSSR count). The molecule has 0 aliphatic carbocycles. The Bertz CT molecular complexity index is 1500. The van der Waals surface area contributed by atoms with Crippen molar-refractivity contribution in [2.45, 2.75) is 37.7 Å². The van der Waals surface area contributed by atoms with Crippen LogP contribution in [0, 0.1) is 6.92 Å². The molecule has 1 atom stereocenters. The first-order valence-electron chi connectivity index (χ1n) is 14.0. The lowest BCUT2D eigenvalue weighted by Gasteiger charge is -2.25. The van der Waals surface area contributed by atoms with E-state index in [9.17, 15) is 18.0 Å². The number of hydrazone groups is 1. The third kappa shape index (κ3) is 9.03. The van der Waals surface area contributed by atoms with E-state index in [-0.39, 0.29) is 29.2 Å². The van der Waals surface area contributed by atoms with E-state index in [0.29, 0.717) is 30.2 Å². The van der Waals surface area contributed by atoms with Gasteiger partial charge in [-0.05, 0) is 80.8 Å². The van der Waals surface area contributed by atoms with E-state index in [0.717, 1.165) is 29.3 Å². The Balaban J connectivity index is 1.36. The maximum absolute atomic E-state index is 13.7. The number of amides is 2. The maximum atomic E-state index is 13.7. The van der Waals surface area contributed by atoms with Gasteiger partial charge in [-0.25, -0.2) is 13.8 Å². The summed E-state index contributed by atoms with van der Waals surface area (Å²) < 4.78 is 45.0. The second-order valence-corrected chi connectivity index (χ2v) is 11.7. The average molecular weight is 609 g/mol. The predicted molar refractivity (Wildman–Crippen MR) is 163 cm³/mol. The van der Waals surface area contributed by atoms with Gasteiger partial charge in [-0.15, -0.1) is 0 Å². The van der Waals surface area contributed by atoms with Crippen LogP contribution in [0.3, 0.4) is 0 Å². The molecule has 0 saturated carbocycles. The summed E-state index contributed by atoms with van der Waals surface area (Å²) in [7, 11) is -4.12. The van der Waals surface area contributed by atoms with E-state index >= 15 is 0 Å². The minimum absolute atomic E-state index is 0.0447. The molecule has 1 aliphatic heterocycles. The van der Waals surface area contributed by atoms with Gasteiger partial charge in [0.2, 0.25) is 0 Å². The highest BCUT2D eigenvalue weighted by Gasteiger charge is 2.29. The Morgan fingerprint density at radius 2 is 1.77 bits per heavy atom. The second-order valence-electron chi connectivity index (χ2n) is 9.82. The van der Waals surface area contributed by atoms with E-state index in [1.165, 1.54) is 18.3 Å². The number of ether oxygens (including phenoxy) is 3. The fraction of sp³-hybridized carbons (Fsp3) is 0.323. The zero-order valence-corrected chi connectivity index (χ0v) is 25.0. The van der Waals surface area contributed by atoms with Crippen LogP contribution in [0.5, 0.6) is 11.5 Å². The molecular formula is C31H36N4O7S. The maximum Gasteiger partial charge on any atom is 0.264 e. The highest BCUT2D eigenvalue weighted by atomic mass is 32.2. The second kappa shape index (κ2) is 15.2. The molecule has 3 aromatic carbocycles. The summed E-state index contributed by atoms with van der Waals surface area (Å²) in [4.78, 5) is 25.0. The lowest BCUT2D eigenvalue weighted by atomic mass is 10.2. The molecule has 0 radical (unpaired) electrons. The van der Waals surface area contributed by atoms with Crippen LogP contribution >= 0.6 is 0 Å².